The van der Waals surface area contributed by atoms with Gasteiger partial charge in [-0.05, 0) is 168 Å². The van der Waals surface area contributed by atoms with Crippen LogP contribution in [0.1, 0.15) is 75.1 Å². The Balaban J connectivity index is 0.979. The number of para-hydroxylation sites is 4. The van der Waals surface area contributed by atoms with Gasteiger partial charge in [-0.25, -0.2) is 61.6 Å². The van der Waals surface area contributed by atoms with Crippen LogP contribution in [0, 0.1) is 23.3 Å². The number of fused-ring (bicyclic) bond motifs is 2. The average molecular weight is 1180 g/mol. The Bertz CT molecular complexity index is 4670. The van der Waals surface area contributed by atoms with E-state index in [9.17, 15) is 36.7 Å². The number of ether oxygens (including phenoxy) is 4. The first-order valence-corrected chi connectivity index (χ1v) is 27.7. The maximum Gasteiger partial charge on any atom is 0.343 e. The highest BCUT2D eigenvalue weighted by atomic mass is 19.1. The summed E-state index contributed by atoms with van der Waals surface area (Å²) in [7, 11) is 0. The van der Waals surface area contributed by atoms with Crippen molar-refractivity contribution >= 4 is 57.6 Å². The van der Waals surface area contributed by atoms with E-state index in [4.69, 9.17) is 28.9 Å². The van der Waals surface area contributed by atoms with Gasteiger partial charge in [0.15, 0.2) is 46.3 Å². The van der Waals surface area contributed by atoms with Gasteiger partial charge in [0.2, 0.25) is 0 Å². The Morgan fingerprint density at radius 3 is 0.888 bits per heavy atom. The molecule has 17 heteroatoms. The summed E-state index contributed by atoms with van der Waals surface area (Å²) in [5.41, 5.74) is 12.1. The Kier molecular flexibility index (Phi) is 13.9. The predicted octanol–water partition coefficient (Wildman–Crippen LogP) is 12.7. The van der Waals surface area contributed by atoms with Crippen LogP contribution in [0.2, 0.25) is 0 Å². The lowest BCUT2D eigenvalue weighted by molar-refractivity contribution is 0.0718. The highest BCUT2D eigenvalue weighted by Gasteiger charge is 2.30. The van der Waals surface area contributed by atoms with Crippen LogP contribution >= 0.6 is 0 Å². The molecule has 4 aliphatic heterocycles. The molecule has 8 aromatic carbocycles. The van der Waals surface area contributed by atoms with Gasteiger partial charge >= 0.3 is 23.9 Å². The molecule has 0 saturated carbocycles. The minimum Gasteiger partial charge on any atom is -0.420 e. The Labute approximate surface area is 503 Å². The number of carbonyl (C=O) groups is 4. The molecule has 0 aliphatic carbocycles. The van der Waals surface area contributed by atoms with Gasteiger partial charge in [0.25, 0.3) is 0 Å². The highest BCUT2D eigenvalue weighted by molar-refractivity contribution is 6.32. The van der Waals surface area contributed by atoms with Gasteiger partial charge in [0, 0.05) is 22.3 Å². The largest absolute Gasteiger partial charge is 0.420 e. The number of hydrogen-bond donors (Lipinski definition) is 1. The van der Waals surface area contributed by atoms with Gasteiger partial charge in [0.05, 0.1) is 67.2 Å². The van der Waals surface area contributed by atoms with Crippen LogP contribution in [-0.2, 0) is 0 Å². The number of benzene rings is 8. The molecular weight excluding hydrogens is 1140 g/mol. The average Bonchev–Trinajstić information content (AvgIpc) is 1.61. The van der Waals surface area contributed by atoms with Gasteiger partial charge in [0.1, 0.15) is 0 Å². The summed E-state index contributed by atoms with van der Waals surface area (Å²) in [4.78, 5) is 65.0. The quantitative estimate of drug-likeness (QED) is 0.0716. The van der Waals surface area contributed by atoms with Crippen molar-refractivity contribution in [2.45, 2.75) is 0 Å². The molecule has 0 radical (unpaired) electrons. The normalized spacial score (nSPS) is 16.4. The molecule has 430 valence electrons. The Morgan fingerprint density at radius 1 is 0.315 bits per heavy atom. The van der Waals surface area contributed by atoms with Gasteiger partial charge < -0.3 is 18.9 Å². The number of rotatable bonds is 12. The lowest BCUT2D eigenvalue weighted by Crippen LogP contribution is -2.42. The van der Waals surface area contributed by atoms with E-state index in [1.807, 2.05) is 57.9 Å². The molecule has 1 N–H and O–H groups in total. The van der Waals surface area contributed by atoms with E-state index < -0.39 is 47.1 Å². The van der Waals surface area contributed by atoms with Gasteiger partial charge in [-0.2, -0.15) is 0 Å². The molecule has 10 aromatic rings. The summed E-state index contributed by atoms with van der Waals surface area (Å²) in [5, 5.41) is 1.12. The molecule has 0 amide bonds. The standard InChI is InChI=1S/C72H41F4N5O8/c73-49-9-1-5-13-61(49)86-69(82)45-25-17-41(18-26-45)65-53-33-34-54(77-53)66(42-19-27-46(28-20-42)70(83)87-62-14-6-2-10-50(62)74)59-39-40-60-68(44-23-31-48(32-24-44)72(85)89-64-16-8-4-12-52(64)76)56-36-35-55(78-56)67(58-38-37-57(65)80(58)79-81(59)60)43-21-29-47(30-22-43)71(84)88-63-15-7-3-11-51(63)75/h1-40,79H/b65-53-,65-57?,66-54?,66-59-,67-55-,67-58?,68-56?,68-60+. The lowest BCUT2D eigenvalue weighted by atomic mass is 9.99. The second kappa shape index (κ2) is 22.6. The van der Waals surface area contributed by atoms with Crippen molar-refractivity contribution in [3.8, 4) is 23.0 Å². The molecule has 2 aromatic heterocycles. The molecular formula is C72H41F4N5O8. The molecule has 4 aliphatic rings. The third-order valence-corrected chi connectivity index (χ3v) is 15.1. The summed E-state index contributed by atoms with van der Waals surface area (Å²) in [6.45, 7) is 0. The first-order chi connectivity index (χ1) is 43.4. The van der Waals surface area contributed by atoms with Crippen LogP contribution in [-0.4, -0.2) is 44.7 Å². The van der Waals surface area contributed by atoms with Gasteiger partial charge in [-0.3, -0.25) is 0 Å². The van der Waals surface area contributed by atoms with Crippen LogP contribution in [0.15, 0.2) is 264 Å². The summed E-state index contributed by atoms with van der Waals surface area (Å²) < 4.78 is 84.5. The zero-order valence-electron chi connectivity index (χ0n) is 46.2. The Hall–Kier alpha value is -12.2. The van der Waals surface area contributed by atoms with Crippen molar-refractivity contribution in [3.05, 3.63) is 344 Å². The van der Waals surface area contributed by atoms with Crippen LogP contribution in [0.5, 0.6) is 23.0 Å². The molecule has 0 saturated heterocycles. The van der Waals surface area contributed by atoms with Crippen LogP contribution in [0.4, 0.5) is 17.6 Å². The number of aromatic nitrogens is 2. The molecule has 0 atom stereocenters. The van der Waals surface area contributed by atoms with Crippen molar-refractivity contribution in [3.63, 3.8) is 0 Å². The fourth-order valence-corrected chi connectivity index (χ4v) is 10.8. The summed E-state index contributed by atoms with van der Waals surface area (Å²) in [6.07, 6.45) is 7.46. The number of nitrogens with zero attached hydrogens (tertiary/aromatic N) is 4. The molecule has 0 unspecified atom stereocenters. The van der Waals surface area contributed by atoms with E-state index in [0.717, 1.165) is 0 Å². The van der Waals surface area contributed by atoms with Gasteiger partial charge in [-0.1, -0.05) is 97.1 Å². The minimum atomic E-state index is -0.789. The number of aliphatic imine (C=N–C) groups is 2. The summed E-state index contributed by atoms with van der Waals surface area (Å²) >= 11 is 0. The number of hydrogen-bond acceptors (Lipinski definition) is 11. The molecule has 6 bridgehead atoms. The number of allylic oxidation sites excluding steroid dienone is 4. The van der Waals surface area contributed by atoms with Gasteiger partial charge in [-0.15, -0.1) is 0 Å². The van der Waals surface area contributed by atoms with E-state index in [2.05, 4.69) is 5.53 Å². The first-order valence-electron chi connectivity index (χ1n) is 27.7. The number of nitrogens with one attached hydrogen (secondary N) is 1. The Morgan fingerprint density at radius 2 is 0.596 bits per heavy atom. The number of esters is 4. The zero-order valence-corrected chi connectivity index (χ0v) is 46.2. The predicted molar refractivity (Wildman–Crippen MR) is 324 cm³/mol. The van der Waals surface area contributed by atoms with Crippen molar-refractivity contribution in [1.82, 2.24) is 9.35 Å². The smallest absolute Gasteiger partial charge is 0.343 e. The van der Waals surface area contributed by atoms with Crippen LogP contribution in [0.25, 0.3) is 22.3 Å². The maximum absolute atomic E-state index is 14.7. The fourth-order valence-electron chi connectivity index (χ4n) is 10.8. The summed E-state index contributed by atoms with van der Waals surface area (Å²) in [6, 6.07) is 56.5. The van der Waals surface area contributed by atoms with Crippen LogP contribution < -0.4 is 35.2 Å². The molecule has 89 heavy (non-hydrogen) atoms. The lowest BCUT2D eigenvalue weighted by Gasteiger charge is -2.24. The van der Waals surface area contributed by atoms with E-state index in [-0.39, 0.29) is 45.3 Å². The second-order valence-electron chi connectivity index (χ2n) is 20.5. The van der Waals surface area contributed by atoms with E-state index >= 15 is 0 Å². The maximum atomic E-state index is 14.7. The fraction of sp³-hybridized carbons (Fsp3) is 0. The zero-order chi connectivity index (χ0) is 60.9. The minimum absolute atomic E-state index is 0.136. The molecule has 0 spiro atoms. The topological polar surface area (TPSA) is 152 Å². The van der Waals surface area contributed by atoms with E-state index in [0.29, 0.717) is 89.4 Å². The van der Waals surface area contributed by atoms with Crippen molar-refractivity contribution in [1.29, 1.82) is 0 Å². The molecule has 14 rings (SSSR count). The first kappa shape index (κ1) is 54.7. The molecule has 13 nitrogen and oxygen atoms in total. The molecule has 6 heterocycles. The SMILES string of the molecule is O=C(Oc1ccccc1F)c1ccc(/C2=C3\C=CC(=N3)/C(c3ccc(C(=O)Oc4ccccc4F)cc3)=c3/cc/c4n3Nn3c2ccc3/C(c2ccc(C(=O)Oc3ccccc3F)cc2)=C2/C=CC(=N2)/C=4c2ccc(C(=O)Oc3ccccc3F)cc2)cc1. The number of carbonyl (C=O) groups excluding carboxylic acids is 4. The van der Waals surface area contributed by atoms with E-state index in [1.165, 1.54) is 72.8 Å². The van der Waals surface area contributed by atoms with Crippen molar-refractivity contribution in [2.24, 2.45) is 9.98 Å². The van der Waals surface area contributed by atoms with E-state index in [1.54, 1.807) is 121 Å². The van der Waals surface area contributed by atoms with Crippen LogP contribution in [0.3, 0.4) is 0 Å². The third-order valence-electron chi connectivity index (χ3n) is 15.1. The summed E-state index contributed by atoms with van der Waals surface area (Å²) in [5.74, 6) is -6.90. The second-order valence-corrected chi connectivity index (χ2v) is 20.5. The van der Waals surface area contributed by atoms with Crippen molar-refractivity contribution < 1.29 is 55.7 Å². The van der Waals surface area contributed by atoms with Crippen molar-refractivity contribution in [2.75, 3.05) is 5.53 Å². The molecule has 0 fully saturated rings. The highest BCUT2D eigenvalue weighted by Crippen LogP contribution is 2.39. The number of halogens is 4. The third kappa shape index (κ3) is 10.3. The monoisotopic (exact) mass is 1180 g/mol.